The molecule has 0 atom stereocenters. The first-order chi connectivity index (χ1) is 27.3. The van der Waals surface area contributed by atoms with Crippen LogP contribution in [0.1, 0.15) is 0 Å². The third-order valence-electron chi connectivity index (χ3n) is 10.8. The molecule has 0 N–H and O–H groups in total. The van der Waals surface area contributed by atoms with Crippen LogP contribution in [0.25, 0.3) is 113 Å². The van der Waals surface area contributed by atoms with Gasteiger partial charge in [0.25, 0.3) is 0 Å². The van der Waals surface area contributed by atoms with Crippen molar-refractivity contribution >= 4 is 95.6 Å². The zero-order chi connectivity index (χ0) is 36.0. The zero-order valence-electron chi connectivity index (χ0n) is 29.3. The van der Waals surface area contributed by atoms with Gasteiger partial charge in [-0.1, -0.05) is 140 Å². The Labute approximate surface area is 323 Å². The highest BCUT2D eigenvalue weighted by Crippen LogP contribution is 2.46. The molecule has 12 aromatic rings. The molecule has 0 radical (unpaired) electrons. The normalized spacial score (nSPS) is 12.0. The van der Waals surface area contributed by atoms with Gasteiger partial charge >= 0.3 is 0 Å². The number of rotatable bonds is 4. The molecular formula is C49H28N4S2. The van der Waals surface area contributed by atoms with Crippen molar-refractivity contribution in [3.05, 3.63) is 170 Å². The van der Waals surface area contributed by atoms with E-state index in [9.17, 15) is 0 Å². The van der Waals surface area contributed by atoms with Crippen LogP contribution < -0.4 is 0 Å². The molecule has 6 heteroatoms. The molecule has 0 aliphatic carbocycles. The van der Waals surface area contributed by atoms with Crippen LogP contribution in [-0.2, 0) is 0 Å². The Hall–Kier alpha value is -6.73. The van der Waals surface area contributed by atoms with E-state index in [4.69, 9.17) is 15.0 Å². The minimum Gasteiger partial charge on any atom is -0.308 e. The molecule has 0 fully saturated rings. The summed E-state index contributed by atoms with van der Waals surface area (Å²) in [6.45, 7) is 0. The molecular weight excluding hydrogens is 709 g/mol. The molecule has 12 rings (SSSR count). The van der Waals surface area contributed by atoms with Crippen molar-refractivity contribution in [2.24, 2.45) is 0 Å². The minimum atomic E-state index is 0.661. The van der Waals surface area contributed by atoms with Crippen LogP contribution in [-0.4, -0.2) is 19.5 Å². The first-order valence-corrected chi connectivity index (χ1v) is 20.0. The van der Waals surface area contributed by atoms with Gasteiger partial charge in [0.15, 0.2) is 17.5 Å². The summed E-state index contributed by atoms with van der Waals surface area (Å²) in [6.07, 6.45) is 0. The van der Waals surface area contributed by atoms with Crippen molar-refractivity contribution in [3.8, 4) is 39.9 Å². The summed E-state index contributed by atoms with van der Waals surface area (Å²) in [6, 6.07) is 60.6. The lowest BCUT2D eigenvalue weighted by Gasteiger charge is -2.11. The van der Waals surface area contributed by atoms with Gasteiger partial charge in [0.1, 0.15) is 0 Å². The average Bonchev–Trinajstić information content (AvgIpc) is 3.93. The second kappa shape index (κ2) is 11.9. The lowest BCUT2D eigenvalue weighted by molar-refractivity contribution is 1.08. The molecule has 4 aromatic heterocycles. The van der Waals surface area contributed by atoms with Gasteiger partial charge in [0.2, 0.25) is 0 Å². The van der Waals surface area contributed by atoms with Crippen LogP contribution in [0.5, 0.6) is 0 Å². The fourth-order valence-corrected chi connectivity index (χ4v) is 10.8. The number of aromatic nitrogens is 4. The second-order valence-electron chi connectivity index (χ2n) is 14.0. The van der Waals surface area contributed by atoms with E-state index in [1.165, 1.54) is 67.5 Å². The number of thiophene rings is 2. The van der Waals surface area contributed by atoms with Crippen molar-refractivity contribution in [3.63, 3.8) is 0 Å². The van der Waals surface area contributed by atoms with E-state index in [1.807, 2.05) is 59.1 Å². The number of hydrogen-bond acceptors (Lipinski definition) is 5. The van der Waals surface area contributed by atoms with E-state index in [2.05, 4.69) is 138 Å². The van der Waals surface area contributed by atoms with Crippen molar-refractivity contribution in [1.82, 2.24) is 19.5 Å². The fourth-order valence-electron chi connectivity index (χ4n) is 8.38. The van der Waals surface area contributed by atoms with E-state index in [0.29, 0.717) is 17.5 Å². The standard InChI is InChI=1S/C49H28N4S2/c1-3-13-29(14-4-1)47-50-48(30-15-5-2-6-16-30)52-49(51-47)39-28-43-44(35-20-8-7-17-32(35)39)38-24-23-31(27-42(38)54-43)53-40-21-11-9-18-33(40)36-25-26-37-34-19-10-12-22-41(34)55-46(37)45(36)53/h1-28H. The molecule has 8 aromatic carbocycles. The van der Waals surface area contributed by atoms with E-state index >= 15 is 0 Å². The Kier molecular flexibility index (Phi) is 6.64. The quantitative estimate of drug-likeness (QED) is 0.181. The molecule has 0 amide bonds. The maximum Gasteiger partial charge on any atom is 0.164 e. The van der Waals surface area contributed by atoms with Gasteiger partial charge in [-0.25, -0.2) is 15.0 Å². The molecule has 0 unspecified atom stereocenters. The maximum atomic E-state index is 5.14. The van der Waals surface area contributed by atoms with Crippen LogP contribution in [0, 0.1) is 0 Å². The summed E-state index contributed by atoms with van der Waals surface area (Å²) in [5, 5.41) is 10.0. The number of hydrogen-bond donors (Lipinski definition) is 0. The highest BCUT2D eigenvalue weighted by Gasteiger charge is 2.21. The van der Waals surface area contributed by atoms with E-state index in [-0.39, 0.29) is 0 Å². The molecule has 0 saturated carbocycles. The second-order valence-corrected chi connectivity index (χ2v) is 16.1. The van der Waals surface area contributed by atoms with Crippen molar-refractivity contribution in [1.29, 1.82) is 0 Å². The third kappa shape index (κ3) is 4.65. The summed E-state index contributed by atoms with van der Waals surface area (Å²) in [7, 11) is 0. The van der Waals surface area contributed by atoms with Gasteiger partial charge in [-0.2, -0.15) is 0 Å². The number of nitrogens with zero attached hydrogens (tertiary/aromatic N) is 4. The lowest BCUT2D eigenvalue weighted by atomic mass is 9.98. The third-order valence-corrected chi connectivity index (χ3v) is 13.1. The minimum absolute atomic E-state index is 0.661. The van der Waals surface area contributed by atoms with Crippen molar-refractivity contribution in [2.45, 2.75) is 0 Å². The first kappa shape index (κ1) is 30.7. The Bertz CT molecular complexity index is 3430. The van der Waals surface area contributed by atoms with Crippen molar-refractivity contribution in [2.75, 3.05) is 0 Å². The van der Waals surface area contributed by atoms with E-state index < -0.39 is 0 Å². The molecule has 256 valence electrons. The summed E-state index contributed by atoms with van der Waals surface area (Å²) in [5.74, 6) is 1.99. The molecule has 4 nitrogen and oxygen atoms in total. The summed E-state index contributed by atoms with van der Waals surface area (Å²) in [4.78, 5) is 15.2. The number of para-hydroxylation sites is 1. The molecule has 0 aliphatic heterocycles. The molecule has 55 heavy (non-hydrogen) atoms. The van der Waals surface area contributed by atoms with Gasteiger partial charge in [-0.05, 0) is 41.1 Å². The largest absolute Gasteiger partial charge is 0.308 e. The van der Waals surface area contributed by atoms with Gasteiger partial charge in [0.05, 0.1) is 15.7 Å². The first-order valence-electron chi connectivity index (χ1n) is 18.4. The molecule has 0 aliphatic rings. The molecule has 0 spiro atoms. The van der Waals surface area contributed by atoms with Crippen LogP contribution in [0.4, 0.5) is 0 Å². The predicted molar refractivity (Wildman–Crippen MR) is 234 cm³/mol. The highest BCUT2D eigenvalue weighted by molar-refractivity contribution is 7.27. The summed E-state index contributed by atoms with van der Waals surface area (Å²) >= 11 is 3.72. The Morgan fingerprint density at radius 2 is 0.982 bits per heavy atom. The maximum absolute atomic E-state index is 5.14. The van der Waals surface area contributed by atoms with Crippen molar-refractivity contribution < 1.29 is 0 Å². The summed E-state index contributed by atoms with van der Waals surface area (Å²) < 4.78 is 7.57. The fraction of sp³-hybridized carbons (Fsp3) is 0. The van der Waals surface area contributed by atoms with E-state index in [0.717, 1.165) is 27.8 Å². The topological polar surface area (TPSA) is 43.6 Å². The van der Waals surface area contributed by atoms with Crippen LogP contribution in [0.3, 0.4) is 0 Å². The molecule has 0 bridgehead atoms. The highest BCUT2D eigenvalue weighted by atomic mass is 32.1. The van der Waals surface area contributed by atoms with E-state index in [1.54, 1.807) is 0 Å². The summed E-state index contributed by atoms with van der Waals surface area (Å²) in [5.41, 5.74) is 6.57. The Balaban J connectivity index is 1.11. The lowest BCUT2D eigenvalue weighted by Crippen LogP contribution is -2.00. The van der Waals surface area contributed by atoms with Crippen LogP contribution >= 0.6 is 22.7 Å². The van der Waals surface area contributed by atoms with Crippen LogP contribution in [0.15, 0.2) is 170 Å². The Morgan fingerprint density at radius 3 is 1.75 bits per heavy atom. The molecule has 4 heterocycles. The van der Waals surface area contributed by atoms with Gasteiger partial charge < -0.3 is 4.57 Å². The van der Waals surface area contributed by atoms with Gasteiger partial charge in [0, 0.05) is 68.8 Å². The van der Waals surface area contributed by atoms with Gasteiger partial charge in [-0.3, -0.25) is 0 Å². The number of benzene rings is 8. The molecule has 0 saturated heterocycles. The smallest absolute Gasteiger partial charge is 0.164 e. The zero-order valence-corrected chi connectivity index (χ0v) is 30.9. The average molecular weight is 737 g/mol. The number of fused-ring (bicyclic) bond motifs is 12. The Morgan fingerprint density at radius 1 is 0.382 bits per heavy atom. The monoisotopic (exact) mass is 736 g/mol. The predicted octanol–water partition coefficient (Wildman–Crippen LogP) is 13.9. The van der Waals surface area contributed by atoms with Crippen LogP contribution in [0.2, 0.25) is 0 Å². The van der Waals surface area contributed by atoms with Gasteiger partial charge in [-0.15, -0.1) is 22.7 Å². The SMILES string of the molecule is c1ccc(-c2nc(-c3ccccc3)nc(-c3cc4sc5cc(-n6c7ccccc7c7ccc8c9ccccc9sc8c76)ccc5c4c4ccccc34)n2)cc1.